The summed E-state index contributed by atoms with van der Waals surface area (Å²) in [6, 6.07) is 15.5. The molecule has 0 aliphatic heterocycles. The van der Waals surface area contributed by atoms with Gasteiger partial charge in [0.15, 0.2) is 5.13 Å². The zero-order valence-electron chi connectivity index (χ0n) is 12.3. The monoisotopic (exact) mass is 354 g/mol. The highest BCUT2D eigenvalue weighted by molar-refractivity contribution is 7.18. The van der Waals surface area contributed by atoms with Gasteiger partial charge in [-0.05, 0) is 48.5 Å². The highest BCUT2D eigenvalue weighted by Crippen LogP contribution is 2.30. The first-order chi connectivity index (χ1) is 11.6. The molecule has 0 spiro atoms. The fourth-order valence-corrected chi connectivity index (χ4v) is 3.02. The number of nitrogens with two attached hydrogens (primary N) is 1. The Morgan fingerprint density at radius 3 is 2.46 bits per heavy atom. The number of hydrogen-bond acceptors (Lipinski definition) is 6. The van der Waals surface area contributed by atoms with Crippen LogP contribution in [0.4, 0.5) is 16.6 Å². The molecule has 3 N–H and O–H groups in total. The van der Waals surface area contributed by atoms with E-state index in [1.54, 1.807) is 36.4 Å². The lowest BCUT2D eigenvalue weighted by Gasteiger charge is -2.01. The lowest BCUT2D eigenvalue weighted by Crippen LogP contribution is -2.02. The molecule has 24 heavy (non-hydrogen) atoms. The number of anilines is 3. The minimum absolute atomic E-state index is 0.172. The number of ketones is 1. The zero-order valence-corrected chi connectivity index (χ0v) is 13.9. The van der Waals surface area contributed by atoms with Crippen LogP contribution in [-0.2, 0) is 0 Å². The fourth-order valence-electron chi connectivity index (χ4n) is 2.03. The van der Waals surface area contributed by atoms with Crippen molar-refractivity contribution in [2.24, 2.45) is 0 Å². The first kappa shape index (κ1) is 16.0. The maximum Gasteiger partial charge on any atom is 0.206 e. The van der Waals surface area contributed by atoms with Gasteiger partial charge >= 0.3 is 0 Å². The van der Waals surface area contributed by atoms with E-state index in [4.69, 9.17) is 22.6 Å². The quantitative estimate of drug-likeness (QED) is 0.684. The van der Waals surface area contributed by atoms with Gasteiger partial charge in [-0.25, -0.2) is 4.98 Å². The minimum Gasteiger partial charge on any atom is -0.382 e. The molecule has 0 saturated carbocycles. The van der Waals surface area contributed by atoms with Gasteiger partial charge in [-0.2, -0.15) is 5.26 Å². The van der Waals surface area contributed by atoms with Crippen LogP contribution >= 0.6 is 22.9 Å². The second-order valence-electron chi connectivity index (χ2n) is 4.88. The van der Waals surface area contributed by atoms with Crippen LogP contribution in [0.2, 0.25) is 5.02 Å². The van der Waals surface area contributed by atoms with Crippen molar-refractivity contribution >= 4 is 45.4 Å². The van der Waals surface area contributed by atoms with E-state index in [9.17, 15) is 4.79 Å². The molecule has 1 heterocycles. The van der Waals surface area contributed by atoms with Crippen LogP contribution in [0.3, 0.4) is 0 Å². The molecule has 118 valence electrons. The molecule has 0 unspecified atom stereocenters. The molecule has 0 fully saturated rings. The van der Waals surface area contributed by atoms with Crippen LogP contribution in [0.25, 0.3) is 0 Å². The van der Waals surface area contributed by atoms with E-state index in [1.165, 1.54) is 11.3 Å². The van der Waals surface area contributed by atoms with E-state index in [0.29, 0.717) is 26.2 Å². The summed E-state index contributed by atoms with van der Waals surface area (Å²) in [5, 5.41) is 13.1. The number of rotatable bonds is 4. The van der Waals surface area contributed by atoms with E-state index in [1.807, 2.05) is 18.2 Å². The Kier molecular flexibility index (Phi) is 4.47. The number of halogens is 1. The first-order valence-electron chi connectivity index (χ1n) is 6.90. The number of nitrogens with one attached hydrogen (secondary N) is 1. The van der Waals surface area contributed by atoms with Gasteiger partial charge < -0.3 is 11.1 Å². The predicted octanol–water partition coefficient (Wildman–Crippen LogP) is 4.22. The van der Waals surface area contributed by atoms with Crippen LogP contribution in [0.15, 0.2) is 48.5 Å². The van der Waals surface area contributed by atoms with Gasteiger partial charge in [-0.15, -0.1) is 0 Å². The Morgan fingerprint density at radius 2 is 1.83 bits per heavy atom. The van der Waals surface area contributed by atoms with Crippen LogP contribution in [-0.4, -0.2) is 10.8 Å². The summed E-state index contributed by atoms with van der Waals surface area (Å²) in [4.78, 5) is 17.1. The highest BCUT2D eigenvalue weighted by Gasteiger charge is 2.18. The number of aromatic nitrogens is 1. The number of hydrogen-bond donors (Lipinski definition) is 2. The van der Waals surface area contributed by atoms with Crippen molar-refractivity contribution < 1.29 is 4.79 Å². The predicted molar refractivity (Wildman–Crippen MR) is 95.9 cm³/mol. The van der Waals surface area contributed by atoms with Crippen molar-refractivity contribution in [3.05, 3.63) is 69.6 Å². The molecule has 0 aliphatic carbocycles. The van der Waals surface area contributed by atoms with Crippen molar-refractivity contribution in [3.8, 4) is 6.07 Å². The van der Waals surface area contributed by atoms with Gasteiger partial charge in [-0.3, -0.25) is 4.79 Å². The topological polar surface area (TPSA) is 91.8 Å². The number of benzene rings is 2. The Bertz CT molecular complexity index is 927. The number of nitriles is 1. The maximum absolute atomic E-state index is 12.5. The van der Waals surface area contributed by atoms with E-state index in [-0.39, 0.29) is 11.6 Å². The number of nitrogens with zero attached hydrogens (tertiary/aromatic N) is 2. The molecule has 0 radical (unpaired) electrons. The summed E-state index contributed by atoms with van der Waals surface area (Å²) in [5.41, 5.74) is 7.63. The van der Waals surface area contributed by atoms with Gasteiger partial charge in [0.05, 0.1) is 11.6 Å². The molecule has 3 aromatic rings. The Hall–Kier alpha value is -2.88. The van der Waals surface area contributed by atoms with Crippen LogP contribution in [0.5, 0.6) is 0 Å². The maximum atomic E-state index is 12.5. The molecular formula is C17H11ClN4OS. The fraction of sp³-hybridized carbons (Fsp3) is 0. The summed E-state index contributed by atoms with van der Waals surface area (Å²) >= 11 is 7.03. The van der Waals surface area contributed by atoms with Crippen molar-refractivity contribution in [1.82, 2.24) is 4.98 Å². The van der Waals surface area contributed by atoms with Crippen LogP contribution in [0.1, 0.15) is 20.8 Å². The van der Waals surface area contributed by atoms with E-state index >= 15 is 0 Å². The lowest BCUT2D eigenvalue weighted by atomic mass is 10.1. The van der Waals surface area contributed by atoms with E-state index < -0.39 is 0 Å². The zero-order chi connectivity index (χ0) is 17.1. The number of carbonyl (C=O) groups excluding carboxylic acids is 1. The summed E-state index contributed by atoms with van der Waals surface area (Å²) in [7, 11) is 0. The standard InChI is InChI=1S/C17H11ClN4OS/c18-12-5-7-13(8-6-12)21-17-22-16(20)15(24-17)14(23)11-3-1-10(9-19)2-4-11/h1-8H,20H2,(H,21,22). The van der Waals surface area contributed by atoms with Gasteiger partial charge in [0.2, 0.25) is 5.78 Å². The number of nitrogen functional groups attached to an aromatic ring is 1. The van der Waals surface area contributed by atoms with Gasteiger partial charge in [0.25, 0.3) is 0 Å². The highest BCUT2D eigenvalue weighted by atomic mass is 35.5. The Morgan fingerprint density at radius 1 is 1.17 bits per heavy atom. The third kappa shape index (κ3) is 3.38. The Balaban J connectivity index is 1.83. The van der Waals surface area contributed by atoms with Gasteiger partial charge in [-0.1, -0.05) is 22.9 Å². The average Bonchev–Trinajstić information content (AvgIpc) is 2.96. The second-order valence-corrected chi connectivity index (χ2v) is 6.32. The largest absolute Gasteiger partial charge is 0.382 e. The van der Waals surface area contributed by atoms with Crippen molar-refractivity contribution in [1.29, 1.82) is 5.26 Å². The summed E-state index contributed by atoms with van der Waals surface area (Å²) in [6.07, 6.45) is 0. The number of thiazole rings is 1. The normalized spacial score (nSPS) is 10.2. The summed E-state index contributed by atoms with van der Waals surface area (Å²) in [6.45, 7) is 0. The lowest BCUT2D eigenvalue weighted by molar-refractivity contribution is 0.104. The van der Waals surface area contributed by atoms with E-state index in [0.717, 1.165) is 5.69 Å². The molecule has 0 aliphatic rings. The van der Waals surface area contributed by atoms with Crippen molar-refractivity contribution in [3.63, 3.8) is 0 Å². The molecule has 3 rings (SSSR count). The van der Waals surface area contributed by atoms with Crippen molar-refractivity contribution in [2.45, 2.75) is 0 Å². The van der Waals surface area contributed by atoms with E-state index in [2.05, 4.69) is 10.3 Å². The average molecular weight is 355 g/mol. The van der Waals surface area contributed by atoms with Crippen LogP contribution in [0, 0.1) is 11.3 Å². The van der Waals surface area contributed by atoms with Gasteiger partial charge in [0, 0.05) is 16.3 Å². The third-order valence-corrected chi connectivity index (χ3v) is 4.47. The molecular weight excluding hydrogens is 344 g/mol. The molecule has 5 nitrogen and oxygen atoms in total. The Labute approximate surface area is 147 Å². The molecule has 0 amide bonds. The molecule has 2 aromatic carbocycles. The first-order valence-corrected chi connectivity index (χ1v) is 8.10. The molecule has 7 heteroatoms. The minimum atomic E-state index is -0.223. The summed E-state index contributed by atoms with van der Waals surface area (Å²) < 4.78 is 0. The molecule has 0 atom stereocenters. The number of carbonyl (C=O) groups is 1. The molecule has 0 saturated heterocycles. The SMILES string of the molecule is N#Cc1ccc(C(=O)c2sc(Nc3ccc(Cl)cc3)nc2N)cc1. The third-order valence-electron chi connectivity index (χ3n) is 3.23. The smallest absolute Gasteiger partial charge is 0.206 e. The second kappa shape index (κ2) is 6.71. The van der Waals surface area contributed by atoms with Gasteiger partial charge in [0.1, 0.15) is 10.7 Å². The van der Waals surface area contributed by atoms with Crippen molar-refractivity contribution in [2.75, 3.05) is 11.1 Å². The summed E-state index contributed by atoms with van der Waals surface area (Å²) in [5.74, 6) is -0.0514. The van der Waals surface area contributed by atoms with Crippen LogP contribution < -0.4 is 11.1 Å². The molecule has 1 aromatic heterocycles. The molecule has 0 bridgehead atoms.